The van der Waals surface area contributed by atoms with E-state index in [-0.39, 0.29) is 16.8 Å². The Balaban J connectivity index is 1.27. The van der Waals surface area contributed by atoms with Crippen molar-refractivity contribution in [1.82, 2.24) is 19.2 Å². The summed E-state index contributed by atoms with van der Waals surface area (Å²) in [6.07, 6.45) is 8.83. The van der Waals surface area contributed by atoms with Crippen molar-refractivity contribution in [3.63, 3.8) is 0 Å². The first-order valence-electron chi connectivity index (χ1n) is 9.72. The molecule has 29 heavy (non-hydrogen) atoms. The smallest absolute Gasteiger partial charge is 0.256 e. The summed E-state index contributed by atoms with van der Waals surface area (Å²) in [5.74, 6) is -0.312. The van der Waals surface area contributed by atoms with Crippen molar-refractivity contribution in [3.05, 3.63) is 83.5 Å². The fourth-order valence-electron chi connectivity index (χ4n) is 4.15. The Hall–Kier alpha value is -2.80. The lowest BCUT2D eigenvalue weighted by atomic mass is 10.1. The number of carbonyl (C=O) groups is 1. The molecule has 2 aliphatic rings. The number of thioether (sulfide) groups is 1. The van der Waals surface area contributed by atoms with Crippen molar-refractivity contribution in [3.8, 4) is 0 Å². The standard InChI is InChI=1S/C22H21FN4OS/c23-19-4-2-1-3-18(19)21(28)26-9-6-17(15-26)22-27(11-12-29-22)14-16-5-8-25-10-7-24-20(25)13-16/h1-5,7-8,10-13,17,22H,6,9,14-15H2. The lowest BCUT2D eigenvalue weighted by Crippen LogP contribution is -2.35. The molecule has 5 rings (SSSR count). The number of pyridine rings is 1. The summed E-state index contributed by atoms with van der Waals surface area (Å²) in [4.78, 5) is 21.2. The molecule has 3 aromatic rings. The summed E-state index contributed by atoms with van der Waals surface area (Å²) < 4.78 is 16.0. The molecule has 0 spiro atoms. The van der Waals surface area contributed by atoms with Crippen LogP contribution in [0.3, 0.4) is 0 Å². The van der Waals surface area contributed by atoms with Crippen LogP contribution in [0, 0.1) is 11.7 Å². The lowest BCUT2D eigenvalue weighted by molar-refractivity contribution is 0.0779. The maximum Gasteiger partial charge on any atom is 0.256 e. The van der Waals surface area contributed by atoms with Gasteiger partial charge in [-0.15, -0.1) is 11.8 Å². The number of carbonyl (C=O) groups excluding carboxylic acids is 1. The maximum absolute atomic E-state index is 14.0. The average Bonchev–Trinajstić information content (AvgIpc) is 3.48. The van der Waals surface area contributed by atoms with Crippen LogP contribution in [-0.2, 0) is 6.54 Å². The first-order valence-corrected chi connectivity index (χ1v) is 10.7. The molecule has 0 N–H and O–H groups in total. The van der Waals surface area contributed by atoms with Crippen LogP contribution in [0.4, 0.5) is 4.39 Å². The molecule has 148 valence electrons. The van der Waals surface area contributed by atoms with E-state index in [1.165, 1.54) is 11.6 Å². The van der Waals surface area contributed by atoms with Crippen molar-refractivity contribution in [2.45, 2.75) is 18.3 Å². The molecule has 0 radical (unpaired) electrons. The largest absolute Gasteiger partial charge is 0.360 e. The van der Waals surface area contributed by atoms with Gasteiger partial charge in [0.2, 0.25) is 0 Å². The molecule has 1 saturated heterocycles. The number of halogens is 1. The van der Waals surface area contributed by atoms with E-state index >= 15 is 0 Å². The van der Waals surface area contributed by atoms with Gasteiger partial charge in [-0.2, -0.15) is 0 Å². The minimum atomic E-state index is -0.450. The van der Waals surface area contributed by atoms with Crippen molar-refractivity contribution in [1.29, 1.82) is 0 Å². The maximum atomic E-state index is 14.0. The van der Waals surface area contributed by atoms with Gasteiger partial charge in [0.05, 0.1) is 10.9 Å². The van der Waals surface area contributed by atoms with Crippen molar-refractivity contribution < 1.29 is 9.18 Å². The van der Waals surface area contributed by atoms with Crippen molar-refractivity contribution in [2.24, 2.45) is 5.92 Å². The number of fused-ring (bicyclic) bond motifs is 1. The number of hydrogen-bond acceptors (Lipinski definition) is 4. The van der Waals surface area contributed by atoms with Crippen molar-refractivity contribution in [2.75, 3.05) is 13.1 Å². The third-order valence-electron chi connectivity index (χ3n) is 5.64. The van der Waals surface area contributed by atoms with Crippen LogP contribution in [0.25, 0.3) is 5.65 Å². The SMILES string of the molecule is O=C(c1ccccc1F)N1CCC(C2SC=CN2Cc2ccn3ccnc3c2)C1. The van der Waals surface area contributed by atoms with E-state index < -0.39 is 5.82 Å². The zero-order valence-electron chi connectivity index (χ0n) is 15.8. The van der Waals surface area contributed by atoms with E-state index in [1.807, 2.05) is 16.8 Å². The van der Waals surface area contributed by atoms with Gasteiger partial charge < -0.3 is 14.2 Å². The van der Waals surface area contributed by atoms with E-state index in [4.69, 9.17) is 0 Å². The van der Waals surface area contributed by atoms with Gasteiger partial charge in [0.15, 0.2) is 0 Å². The van der Waals surface area contributed by atoms with Gasteiger partial charge in [0.1, 0.15) is 11.5 Å². The third-order valence-corrected chi connectivity index (χ3v) is 6.86. The Bertz CT molecular complexity index is 1080. The topological polar surface area (TPSA) is 40.9 Å². The number of imidazole rings is 1. The molecule has 1 aromatic carbocycles. The van der Waals surface area contributed by atoms with Crippen LogP contribution >= 0.6 is 11.8 Å². The Kier molecular flexibility index (Phi) is 4.75. The van der Waals surface area contributed by atoms with Crippen LogP contribution < -0.4 is 0 Å². The molecule has 0 aliphatic carbocycles. The first kappa shape index (κ1) is 18.2. The molecular weight excluding hydrogens is 387 g/mol. The normalized spacial score (nSPS) is 21.4. The van der Waals surface area contributed by atoms with Gasteiger partial charge in [0, 0.05) is 50.3 Å². The molecular formula is C22H21FN4OS. The monoisotopic (exact) mass is 408 g/mol. The number of likely N-dealkylation sites (tertiary alicyclic amines) is 1. The van der Waals surface area contributed by atoms with E-state index in [2.05, 4.69) is 33.6 Å². The lowest BCUT2D eigenvalue weighted by Gasteiger charge is -2.29. The summed E-state index contributed by atoms with van der Waals surface area (Å²) in [6, 6.07) is 10.4. The summed E-state index contributed by atoms with van der Waals surface area (Å²) in [6.45, 7) is 2.13. The molecule has 4 heterocycles. The van der Waals surface area contributed by atoms with Crippen LogP contribution in [0.5, 0.6) is 0 Å². The predicted molar refractivity (Wildman–Crippen MR) is 112 cm³/mol. The molecule has 2 atom stereocenters. The Morgan fingerprint density at radius 1 is 1.24 bits per heavy atom. The first-order chi connectivity index (χ1) is 14.2. The second-order valence-corrected chi connectivity index (χ2v) is 8.52. The zero-order chi connectivity index (χ0) is 19.8. The van der Waals surface area contributed by atoms with Crippen LogP contribution in [-0.4, -0.2) is 43.6 Å². The van der Waals surface area contributed by atoms with Crippen LogP contribution in [0.2, 0.25) is 0 Å². The van der Waals surface area contributed by atoms with E-state index in [9.17, 15) is 9.18 Å². The minimum absolute atomic E-state index is 0.162. The molecule has 2 unspecified atom stereocenters. The highest BCUT2D eigenvalue weighted by Gasteiger charge is 2.36. The number of amides is 1. The Morgan fingerprint density at radius 3 is 3.03 bits per heavy atom. The fraction of sp³-hybridized carbons (Fsp3) is 0.273. The van der Waals surface area contributed by atoms with Gasteiger partial charge in [0.25, 0.3) is 5.91 Å². The highest BCUT2D eigenvalue weighted by Crippen LogP contribution is 2.37. The summed E-state index contributed by atoms with van der Waals surface area (Å²) in [7, 11) is 0. The number of benzene rings is 1. The van der Waals surface area contributed by atoms with Crippen molar-refractivity contribution >= 4 is 23.3 Å². The van der Waals surface area contributed by atoms with Gasteiger partial charge >= 0.3 is 0 Å². The second-order valence-electron chi connectivity index (χ2n) is 7.49. The van der Waals surface area contributed by atoms with Gasteiger partial charge in [-0.3, -0.25) is 4.79 Å². The third kappa shape index (κ3) is 3.51. The molecule has 2 aliphatic heterocycles. The minimum Gasteiger partial charge on any atom is -0.360 e. The van der Waals surface area contributed by atoms with Gasteiger partial charge in [-0.05, 0) is 41.7 Å². The van der Waals surface area contributed by atoms with Gasteiger partial charge in [-0.25, -0.2) is 9.37 Å². The molecule has 0 saturated carbocycles. The molecule has 0 bridgehead atoms. The molecule has 5 nitrogen and oxygen atoms in total. The molecule has 1 fully saturated rings. The summed E-state index contributed by atoms with van der Waals surface area (Å²) >= 11 is 1.80. The van der Waals surface area contributed by atoms with E-state index in [1.54, 1.807) is 41.1 Å². The number of aromatic nitrogens is 2. The van der Waals surface area contributed by atoms with E-state index in [0.717, 1.165) is 18.6 Å². The van der Waals surface area contributed by atoms with E-state index in [0.29, 0.717) is 19.0 Å². The van der Waals surface area contributed by atoms with Crippen LogP contribution in [0.15, 0.2) is 66.6 Å². The number of nitrogens with zero attached hydrogens (tertiary/aromatic N) is 4. The quantitative estimate of drug-likeness (QED) is 0.655. The predicted octanol–water partition coefficient (Wildman–Crippen LogP) is 3.98. The molecule has 7 heteroatoms. The Morgan fingerprint density at radius 2 is 2.14 bits per heavy atom. The molecule has 2 aromatic heterocycles. The average molecular weight is 409 g/mol. The summed E-state index contributed by atoms with van der Waals surface area (Å²) in [5.41, 5.74) is 2.31. The zero-order valence-corrected chi connectivity index (χ0v) is 16.6. The summed E-state index contributed by atoms with van der Waals surface area (Å²) in [5, 5.41) is 2.41. The molecule has 1 amide bonds. The number of hydrogen-bond donors (Lipinski definition) is 0. The second kappa shape index (κ2) is 7.55. The van der Waals surface area contributed by atoms with Crippen LogP contribution in [0.1, 0.15) is 22.3 Å². The number of rotatable bonds is 4. The Labute approximate surface area is 172 Å². The highest BCUT2D eigenvalue weighted by molar-refractivity contribution is 8.02. The highest BCUT2D eigenvalue weighted by atomic mass is 32.2. The fourth-order valence-corrected chi connectivity index (χ4v) is 5.29. The van der Waals surface area contributed by atoms with Gasteiger partial charge in [-0.1, -0.05) is 12.1 Å².